The Morgan fingerprint density at radius 3 is 2.64 bits per heavy atom. The molecule has 1 amide bonds. The van der Waals surface area contributed by atoms with Gasteiger partial charge in [-0.25, -0.2) is 4.79 Å². The van der Waals surface area contributed by atoms with Crippen molar-refractivity contribution in [2.75, 3.05) is 5.32 Å². The minimum absolute atomic E-state index is 0.0933. The van der Waals surface area contributed by atoms with Crippen molar-refractivity contribution in [1.29, 1.82) is 0 Å². The summed E-state index contributed by atoms with van der Waals surface area (Å²) >= 11 is 3.19. The van der Waals surface area contributed by atoms with Gasteiger partial charge in [0.25, 0.3) is 5.69 Å². The second kappa shape index (κ2) is 7.04. The second-order valence-electron chi connectivity index (χ2n) is 4.56. The molecule has 114 valence electrons. The van der Waals surface area contributed by atoms with E-state index in [-0.39, 0.29) is 18.0 Å². The maximum absolute atomic E-state index is 11.8. The fraction of sp³-hybridized carbons (Fsp3) is 0.133. The highest BCUT2D eigenvalue weighted by atomic mass is 79.9. The molecular formula is C15H13BrN2O4. The standard InChI is InChI=1S/C15H13BrN2O4/c1-10-7-12(16)8-13(18(20)21)14(10)17-15(19)22-9-11-5-3-2-4-6-11/h2-8H,9H2,1H3,(H,17,19). The van der Waals surface area contributed by atoms with Gasteiger partial charge in [-0.1, -0.05) is 46.3 Å². The number of nitro groups is 1. The zero-order valence-corrected chi connectivity index (χ0v) is 13.3. The molecule has 2 rings (SSSR count). The number of hydrogen-bond acceptors (Lipinski definition) is 4. The Labute approximate surface area is 135 Å². The number of nitro benzene ring substituents is 1. The summed E-state index contributed by atoms with van der Waals surface area (Å²) in [6.45, 7) is 1.76. The number of ether oxygens (including phenoxy) is 1. The molecule has 0 radical (unpaired) electrons. The predicted octanol–water partition coefficient (Wildman–Crippen LogP) is 4.41. The molecule has 0 spiro atoms. The number of rotatable bonds is 4. The van der Waals surface area contributed by atoms with Gasteiger partial charge in [-0.15, -0.1) is 0 Å². The van der Waals surface area contributed by atoms with Gasteiger partial charge in [0.15, 0.2) is 0 Å². The number of halogens is 1. The third-order valence-electron chi connectivity index (χ3n) is 2.92. The molecule has 0 bridgehead atoms. The van der Waals surface area contributed by atoms with Crippen LogP contribution in [0.5, 0.6) is 0 Å². The van der Waals surface area contributed by atoms with Gasteiger partial charge in [0.1, 0.15) is 12.3 Å². The van der Waals surface area contributed by atoms with Crippen molar-refractivity contribution < 1.29 is 14.5 Å². The summed E-state index contributed by atoms with van der Waals surface area (Å²) in [5.41, 5.74) is 1.34. The maximum Gasteiger partial charge on any atom is 0.412 e. The Balaban J connectivity index is 2.10. The Morgan fingerprint density at radius 1 is 1.32 bits per heavy atom. The van der Waals surface area contributed by atoms with Crippen LogP contribution in [0.1, 0.15) is 11.1 Å². The molecule has 2 aromatic carbocycles. The maximum atomic E-state index is 11.8. The number of benzene rings is 2. The van der Waals surface area contributed by atoms with Gasteiger partial charge in [-0.05, 0) is 24.1 Å². The van der Waals surface area contributed by atoms with Crippen LogP contribution in [0.15, 0.2) is 46.9 Å². The lowest BCUT2D eigenvalue weighted by molar-refractivity contribution is -0.384. The Bertz CT molecular complexity index is 704. The Hall–Kier alpha value is -2.41. The highest BCUT2D eigenvalue weighted by Crippen LogP contribution is 2.32. The highest BCUT2D eigenvalue weighted by molar-refractivity contribution is 9.10. The third-order valence-corrected chi connectivity index (χ3v) is 3.37. The van der Waals surface area contributed by atoms with Gasteiger partial charge in [0.2, 0.25) is 0 Å². The Morgan fingerprint density at radius 2 is 2.00 bits per heavy atom. The average Bonchev–Trinajstić information content (AvgIpc) is 2.48. The molecule has 0 aliphatic rings. The Kier molecular flexibility index (Phi) is 5.11. The molecule has 2 aromatic rings. The third kappa shape index (κ3) is 4.05. The van der Waals surface area contributed by atoms with E-state index in [4.69, 9.17) is 4.74 Å². The molecule has 0 atom stereocenters. The van der Waals surface area contributed by atoms with Crippen molar-refractivity contribution in [2.24, 2.45) is 0 Å². The molecule has 0 aliphatic heterocycles. The molecule has 1 N–H and O–H groups in total. The summed E-state index contributed by atoms with van der Waals surface area (Å²) in [7, 11) is 0. The van der Waals surface area contributed by atoms with Gasteiger partial charge in [-0.2, -0.15) is 0 Å². The molecule has 0 fully saturated rings. The first-order valence-corrected chi connectivity index (χ1v) is 7.19. The van der Waals surface area contributed by atoms with E-state index in [9.17, 15) is 14.9 Å². The topological polar surface area (TPSA) is 81.5 Å². The second-order valence-corrected chi connectivity index (χ2v) is 5.48. The average molecular weight is 365 g/mol. The highest BCUT2D eigenvalue weighted by Gasteiger charge is 2.19. The van der Waals surface area contributed by atoms with Crippen molar-refractivity contribution in [1.82, 2.24) is 0 Å². The van der Waals surface area contributed by atoms with Crippen molar-refractivity contribution in [3.8, 4) is 0 Å². The van der Waals surface area contributed by atoms with Crippen LogP contribution in [0.3, 0.4) is 0 Å². The van der Waals surface area contributed by atoms with Gasteiger partial charge in [0, 0.05) is 10.5 Å². The number of hydrogen-bond donors (Lipinski definition) is 1. The normalized spacial score (nSPS) is 10.1. The van der Waals surface area contributed by atoms with Crippen LogP contribution in [-0.2, 0) is 11.3 Å². The predicted molar refractivity (Wildman–Crippen MR) is 85.8 cm³/mol. The molecular weight excluding hydrogens is 352 g/mol. The minimum atomic E-state index is -0.739. The quantitative estimate of drug-likeness (QED) is 0.643. The molecule has 22 heavy (non-hydrogen) atoms. The summed E-state index contributed by atoms with van der Waals surface area (Å²) in [6.07, 6.45) is -0.739. The van der Waals surface area contributed by atoms with Crippen molar-refractivity contribution in [2.45, 2.75) is 13.5 Å². The monoisotopic (exact) mass is 364 g/mol. The van der Waals surface area contributed by atoms with E-state index in [0.717, 1.165) is 5.56 Å². The number of nitrogens with zero attached hydrogens (tertiary/aromatic N) is 1. The van der Waals surface area contributed by atoms with Crippen molar-refractivity contribution >= 4 is 33.4 Å². The van der Waals surface area contributed by atoms with Crippen LogP contribution in [0.2, 0.25) is 0 Å². The summed E-state index contributed by atoms with van der Waals surface area (Å²) in [6, 6.07) is 12.2. The van der Waals surface area contributed by atoms with Gasteiger partial charge in [-0.3, -0.25) is 15.4 Å². The van der Waals surface area contributed by atoms with Crippen molar-refractivity contribution in [3.05, 3.63) is 68.2 Å². The molecule has 6 nitrogen and oxygen atoms in total. The van der Waals surface area contributed by atoms with Crippen LogP contribution in [0, 0.1) is 17.0 Å². The molecule has 7 heteroatoms. The lowest BCUT2D eigenvalue weighted by Crippen LogP contribution is -2.15. The molecule has 0 aromatic heterocycles. The van der Waals surface area contributed by atoms with E-state index in [1.807, 2.05) is 30.3 Å². The van der Waals surface area contributed by atoms with E-state index in [1.54, 1.807) is 13.0 Å². The van der Waals surface area contributed by atoms with Crippen LogP contribution in [0.4, 0.5) is 16.2 Å². The van der Waals surface area contributed by atoms with E-state index >= 15 is 0 Å². The van der Waals surface area contributed by atoms with E-state index in [1.165, 1.54) is 6.07 Å². The van der Waals surface area contributed by atoms with E-state index in [2.05, 4.69) is 21.2 Å². The summed E-state index contributed by atoms with van der Waals surface area (Å²) in [5, 5.41) is 13.5. The first-order valence-electron chi connectivity index (χ1n) is 6.39. The number of anilines is 1. The number of carbonyl (C=O) groups excluding carboxylic acids is 1. The lowest BCUT2D eigenvalue weighted by atomic mass is 10.1. The number of aryl methyl sites for hydroxylation is 1. The van der Waals surface area contributed by atoms with Gasteiger partial charge in [0.05, 0.1) is 4.92 Å². The largest absolute Gasteiger partial charge is 0.444 e. The fourth-order valence-electron chi connectivity index (χ4n) is 1.89. The summed E-state index contributed by atoms with van der Waals surface area (Å²) in [4.78, 5) is 22.4. The number of carbonyl (C=O) groups is 1. The smallest absolute Gasteiger partial charge is 0.412 e. The zero-order chi connectivity index (χ0) is 16.1. The summed E-state index contributed by atoms with van der Waals surface area (Å²) in [5.74, 6) is 0. The molecule has 0 saturated heterocycles. The van der Waals surface area contributed by atoms with E-state index in [0.29, 0.717) is 10.0 Å². The molecule has 0 heterocycles. The SMILES string of the molecule is Cc1cc(Br)cc([N+](=O)[O-])c1NC(=O)OCc1ccccc1. The number of amides is 1. The molecule has 0 unspecified atom stereocenters. The number of nitrogens with one attached hydrogen (secondary N) is 1. The van der Waals surface area contributed by atoms with Crippen LogP contribution in [-0.4, -0.2) is 11.0 Å². The zero-order valence-electron chi connectivity index (χ0n) is 11.7. The first-order chi connectivity index (χ1) is 10.5. The van der Waals surface area contributed by atoms with Crippen molar-refractivity contribution in [3.63, 3.8) is 0 Å². The minimum Gasteiger partial charge on any atom is -0.444 e. The van der Waals surface area contributed by atoms with E-state index < -0.39 is 11.0 Å². The van der Waals surface area contributed by atoms with Crippen LogP contribution >= 0.6 is 15.9 Å². The molecule has 0 saturated carbocycles. The molecule has 0 aliphatic carbocycles. The van der Waals surface area contributed by atoms with Crippen LogP contribution < -0.4 is 5.32 Å². The fourth-order valence-corrected chi connectivity index (χ4v) is 2.45. The summed E-state index contributed by atoms with van der Waals surface area (Å²) < 4.78 is 5.64. The van der Waals surface area contributed by atoms with Crippen LogP contribution in [0.25, 0.3) is 0 Å². The van der Waals surface area contributed by atoms with Gasteiger partial charge >= 0.3 is 6.09 Å². The van der Waals surface area contributed by atoms with Gasteiger partial charge < -0.3 is 4.74 Å². The first kappa shape index (κ1) is 16.0. The lowest BCUT2D eigenvalue weighted by Gasteiger charge is -2.10.